The number of ketones is 1. The standard InChI is InChI=1S/2C7H13B.C4H7BO.C3H5BO2.C2H3O.CHO2.2Y/c2*1-3-7(4-2)5-6-8;1-4(6)2-3-5;4-2-1-3(5)6;1-2-3;2-1-3;;/h2*7H,1-6H2;2-3H2,1H3;1-2H2,(H,5,6);1H3;(H,2,3);;/q2*-2;;;2*-1;2*+3/i2*6D;3D;2D;;;;. The SMILES string of the molecule is C[C-]=O.O=[C-]O.[2H]C([B])CC(=O)O.[2H]C([B])CC(C)=O.[2H]C([B])CC(C[CH2-])C[CH2-].[2H]C([B])CC(C[CH2-])C[CH2-].[Y+3].[Y+3]. The molecule has 0 bridgehead atoms. The Morgan fingerprint density at radius 3 is 1.08 bits per heavy atom. The average Bonchev–Trinajstić information content (AvgIpc) is 2.76. The van der Waals surface area contributed by atoms with Crippen LogP contribution >= 0.6 is 0 Å². The molecule has 6 nitrogen and oxygen atoms in total. The fourth-order valence-electron chi connectivity index (χ4n) is 1.41. The Morgan fingerprint density at radius 2 is 1.06 bits per heavy atom. The van der Waals surface area contributed by atoms with Crippen molar-refractivity contribution in [3.05, 3.63) is 27.7 Å². The molecule has 0 fully saturated rings. The molecule has 36 heavy (non-hydrogen) atoms. The molecule has 0 aromatic rings. The second kappa shape index (κ2) is 60.3. The molecule has 0 aliphatic heterocycles. The van der Waals surface area contributed by atoms with Gasteiger partial charge in [0.15, 0.2) is 0 Å². The van der Waals surface area contributed by atoms with Crippen molar-refractivity contribution in [2.45, 2.75) is 90.4 Å². The summed E-state index contributed by atoms with van der Waals surface area (Å²) in [5.41, 5.74) is 0. The van der Waals surface area contributed by atoms with Crippen molar-refractivity contribution in [3.63, 3.8) is 0 Å². The zero-order chi connectivity index (χ0) is 31.7. The summed E-state index contributed by atoms with van der Waals surface area (Å²) in [5.74, 6) is -0.167. The average molecular weight is 652 g/mol. The van der Waals surface area contributed by atoms with Crippen LogP contribution in [0.1, 0.15) is 70.7 Å². The number of rotatable bonds is 12. The number of hydrogen-bond donors (Lipinski definition) is 2. The summed E-state index contributed by atoms with van der Waals surface area (Å²) in [6, 6.07) is 0. The van der Waals surface area contributed by atoms with Crippen molar-refractivity contribution in [3.8, 4) is 0 Å². The molecule has 8 radical (unpaired) electrons. The molecule has 0 rings (SSSR count). The van der Waals surface area contributed by atoms with E-state index in [1.165, 1.54) is 20.1 Å². The fraction of sp³-hybridized carbons (Fsp3) is 0.667. The van der Waals surface area contributed by atoms with Crippen LogP contribution in [0.15, 0.2) is 0 Å². The smallest absolute Gasteiger partial charge is 0.665 e. The first-order chi connectivity index (χ1) is 17.5. The number of carbonyl (C=O) groups is 2. The van der Waals surface area contributed by atoms with E-state index in [2.05, 4.69) is 27.7 Å². The van der Waals surface area contributed by atoms with Gasteiger partial charge in [-0.25, -0.2) is 0 Å². The number of Topliss-reactive ketones (excluding diaryl/α,β-unsaturated/α-hetero) is 1. The maximum absolute atomic E-state index is 10.1. The maximum Gasteiger partial charge on any atom is 3.00 e. The molecule has 192 valence electrons. The van der Waals surface area contributed by atoms with E-state index >= 15 is 0 Å². The Morgan fingerprint density at radius 1 is 0.806 bits per heavy atom. The Labute approximate surface area is 283 Å². The predicted octanol–water partition coefficient (Wildman–Crippen LogP) is 4.38. The molecule has 2 N–H and O–H groups in total. The van der Waals surface area contributed by atoms with Crippen LogP contribution in [0.5, 0.6) is 0 Å². The summed E-state index contributed by atoms with van der Waals surface area (Å²) in [6.07, 6.45) is 3.63. The van der Waals surface area contributed by atoms with Crippen LogP contribution < -0.4 is 0 Å². The topological polar surface area (TPSA) is 109 Å². The number of aliphatic carboxylic acids is 1. The first kappa shape index (κ1) is 43.8. The van der Waals surface area contributed by atoms with Crippen molar-refractivity contribution >= 4 is 55.9 Å². The molecule has 0 heterocycles. The van der Waals surface area contributed by atoms with Gasteiger partial charge in [-0.1, -0.05) is 56.3 Å². The van der Waals surface area contributed by atoms with Crippen LogP contribution in [-0.2, 0) is 84.6 Å². The number of carboxylic acid groups (broad SMARTS) is 1. The number of aliphatic hydroxyl groups excluding tert-OH is 1. The molecular formula is C24H42B4O6Y2. The summed E-state index contributed by atoms with van der Waals surface area (Å²) < 4.78 is 27.2. The van der Waals surface area contributed by atoms with Gasteiger partial charge in [-0.2, -0.15) is 32.6 Å². The molecule has 0 spiro atoms. The minimum Gasteiger partial charge on any atom is -0.665 e. The molecule has 0 saturated carbocycles. The van der Waals surface area contributed by atoms with Gasteiger partial charge in [-0.15, -0.1) is 0 Å². The molecule has 0 amide bonds. The zero-order valence-corrected chi connectivity index (χ0v) is 27.6. The minimum atomic E-state index is -1.03. The molecular weight excluding hydrogens is 605 g/mol. The Hall–Kier alpha value is 0.748. The first-order valence-corrected chi connectivity index (χ1v) is 10.4. The third-order valence-corrected chi connectivity index (χ3v) is 3.27. The molecule has 0 aromatic heterocycles. The van der Waals surface area contributed by atoms with Gasteiger partial charge in [0.05, 0.1) is 31.4 Å². The summed E-state index contributed by atoms with van der Waals surface area (Å²) in [5, 5.41) is 14.6. The Bertz CT molecular complexity index is 478. The van der Waals surface area contributed by atoms with Crippen molar-refractivity contribution in [2.24, 2.45) is 11.8 Å². The van der Waals surface area contributed by atoms with Crippen molar-refractivity contribution < 1.29 is 100 Å². The van der Waals surface area contributed by atoms with Gasteiger partial charge in [0, 0.05) is 11.9 Å². The van der Waals surface area contributed by atoms with Gasteiger partial charge >= 0.3 is 71.4 Å². The van der Waals surface area contributed by atoms with Gasteiger partial charge in [0.2, 0.25) is 0 Å². The molecule has 4 atom stereocenters. The van der Waals surface area contributed by atoms with Crippen LogP contribution in [-0.4, -0.2) is 66.1 Å². The normalized spacial score (nSPS) is 13.1. The van der Waals surface area contributed by atoms with Crippen molar-refractivity contribution in [1.82, 2.24) is 0 Å². The van der Waals surface area contributed by atoms with Gasteiger partial charge < -0.3 is 52.3 Å². The minimum absolute atomic E-state index is 0. The number of carbonyl (C=O) groups excluding carboxylic acids is 2. The Kier molecular flexibility index (Phi) is 73.4. The van der Waals surface area contributed by atoms with Gasteiger partial charge in [0.25, 0.3) is 0 Å². The monoisotopic (exact) mass is 652 g/mol. The predicted molar refractivity (Wildman–Crippen MR) is 146 cm³/mol. The largest absolute Gasteiger partial charge is 3.00 e. The van der Waals surface area contributed by atoms with E-state index in [0.29, 0.717) is 18.3 Å². The van der Waals surface area contributed by atoms with Crippen LogP contribution in [0.25, 0.3) is 0 Å². The van der Waals surface area contributed by atoms with Crippen molar-refractivity contribution in [1.29, 1.82) is 0 Å². The van der Waals surface area contributed by atoms with Gasteiger partial charge in [-0.3, -0.25) is 11.1 Å². The quantitative estimate of drug-likeness (QED) is 0.240. The van der Waals surface area contributed by atoms with E-state index in [4.69, 9.17) is 56.7 Å². The van der Waals surface area contributed by atoms with Crippen LogP contribution in [0.3, 0.4) is 0 Å². The maximum atomic E-state index is 10.1. The van der Waals surface area contributed by atoms with E-state index < -0.39 is 31.2 Å². The van der Waals surface area contributed by atoms with E-state index in [9.17, 15) is 9.59 Å². The van der Waals surface area contributed by atoms with Crippen molar-refractivity contribution in [2.75, 3.05) is 0 Å². The summed E-state index contributed by atoms with van der Waals surface area (Å²) in [4.78, 5) is 36.6. The molecule has 0 aliphatic carbocycles. The van der Waals surface area contributed by atoms with Crippen LogP contribution in [0.2, 0.25) is 25.2 Å². The number of hydrogen-bond acceptors (Lipinski definition) is 4. The number of carboxylic acids is 1. The third kappa shape index (κ3) is 91.9. The molecule has 0 saturated heterocycles. The summed E-state index contributed by atoms with van der Waals surface area (Å²) in [6.45, 7) is 18.2. The second-order valence-corrected chi connectivity index (χ2v) is 6.10. The summed E-state index contributed by atoms with van der Waals surface area (Å²) >= 11 is 0. The van der Waals surface area contributed by atoms with E-state index in [1.807, 2.05) is 0 Å². The van der Waals surface area contributed by atoms with Gasteiger partial charge in [0.1, 0.15) is 5.78 Å². The molecule has 12 heteroatoms. The van der Waals surface area contributed by atoms with Crippen LogP contribution in [0.4, 0.5) is 0 Å². The van der Waals surface area contributed by atoms with E-state index in [-0.39, 0.29) is 84.0 Å². The molecule has 0 aliphatic rings. The first-order valence-electron chi connectivity index (χ1n) is 12.7. The summed E-state index contributed by atoms with van der Waals surface area (Å²) in [7, 11) is 20.2. The second-order valence-electron chi connectivity index (χ2n) is 6.10. The van der Waals surface area contributed by atoms with Crippen LogP contribution in [0, 0.1) is 39.5 Å². The zero-order valence-electron chi connectivity index (χ0n) is 25.9. The third-order valence-electron chi connectivity index (χ3n) is 3.27. The molecule has 0 aromatic carbocycles. The van der Waals surface area contributed by atoms with E-state index in [1.54, 1.807) is 0 Å². The Balaban J connectivity index is -0.0000000527. The van der Waals surface area contributed by atoms with E-state index in [0.717, 1.165) is 38.5 Å². The molecule has 4 unspecified atom stereocenters. The fourth-order valence-corrected chi connectivity index (χ4v) is 1.41. The van der Waals surface area contributed by atoms with Gasteiger partial charge in [-0.05, 0) is 13.3 Å².